The zero-order chi connectivity index (χ0) is 49.8. The van der Waals surface area contributed by atoms with Gasteiger partial charge in [-0.3, -0.25) is 0 Å². The predicted octanol–water partition coefficient (Wildman–Crippen LogP) is 19.9. The molecule has 76 heavy (non-hydrogen) atoms. The van der Waals surface area contributed by atoms with E-state index in [1.807, 2.05) is 0 Å². The minimum absolute atomic E-state index is 0.232. The average Bonchev–Trinajstić information content (AvgIpc) is 4.10. The molecule has 1 aliphatic carbocycles. The smallest absolute Gasteiger partial charge is 0.0629 e. The van der Waals surface area contributed by atoms with Crippen LogP contribution in [0.2, 0.25) is 0 Å². The van der Waals surface area contributed by atoms with Gasteiger partial charge in [-0.2, -0.15) is 0 Å². The Labute approximate surface area is 441 Å². The van der Waals surface area contributed by atoms with Crippen LogP contribution in [0.15, 0.2) is 279 Å². The zero-order valence-corrected chi connectivity index (χ0v) is 41.6. The summed E-state index contributed by atoms with van der Waals surface area (Å²) in [6.45, 7) is 0. The highest BCUT2D eigenvalue weighted by Gasteiger charge is 2.37. The van der Waals surface area contributed by atoms with E-state index in [1.54, 1.807) is 0 Å². The Kier molecular flexibility index (Phi) is 9.50. The minimum Gasteiger partial charge on any atom is -0.333 e. The summed E-state index contributed by atoms with van der Waals surface area (Å²) in [4.78, 5) is 2.53. The van der Waals surface area contributed by atoms with E-state index in [0.717, 1.165) is 5.69 Å². The summed E-state index contributed by atoms with van der Waals surface area (Å²) in [5.41, 5.74) is 17.2. The van der Waals surface area contributed by atoms with Gasteiger partial charge in [-0.05, 0) is 159 Å². The molecule has 0 bridgehead atoms. The highest BCUT2D eigenvalue weighted by molar-refractivity contribution is 6.25. The number of rotatable bonds is 6. The van der Waals surface area contributed by atoms with Gasteiger partial charge in [-0.1, -0.05) is 224 Å². The number of benzene rings is 13. The number of hydrogen-bond acceptors (Lipinski definition) is 1. The van der Waals surface area contributed by atoms with Crippen molar-refractivity contribution in [3.8, 4) is 50.2 Å². The standard InChI is InChI=1S/C74H48N2/c1-2-18-50-45-51(34-33-47(50)17-1)73-61-25-5-7-27-63(61)74(64-28-8-6-26-62(64)73)52-39-44-65-66(46-52)72(49-37-42-54(43-38-49)76-69-31-15-11-21-57(69)58-22-12-16-32-70(58)76)60-24-4-3-23-59(60)71(65)48-35-40-53(41-36-48)75-67-29-13-9-19-55(67)56-20-10-14-30-68(56)75/h1-46,57,69H. The number of hydrogen-bond donors (Lipinski definition) is 0. The summed E-state index contributed by atoms with van der Waals surface area (Å²) in [6, 6.07) is 95.5. The normalized spacial score (nSPS) is 15.0. The number of para-hydroxylation sites is 3. The molecule has 0 N–H and O–H groups in total. The second-order valence-corrected chi connectivity index (χ2v) is 20.6. The Morgan fingerprint density at radius 3 is 1.30 bits per heavy atom. The molecule has 0 amide bonds. The summed E-state index contributed by atoms with van der Waals surface area (Å²) >= 11 is 0. The van der Waals surface area contributed by atoms with Gasteiger partial charge in [0.2, 0.25) is 0 Å². The quantitative estimate of drug-likeness (QED) is 0.151. The molecular weight excluding hydrogens is 917 g/mol. The lowest BCUT2D eigenvalue weighted by molar-refractivity contribution is 0.745. The molecule has 0 radical (unpaired) electrons. The third-order valence-corrected chi connectivity index (χ3v) is 16.7. The maximum atomic E-state index is 2.53. The van der Waals surface area contributed by atoms with Crippen LogP contribution in [0.1, 0.15) is 11.5 Å². The summed E-state index contributed by atoms with van der Waals surface area (Å²) in [7, 11) is 0. The molecule has 2 heteroatoms. The van der Waals surface area contributed by atoms with E-state index in [2.05, 4.69) is 289 Å². The molecule has 354 valence electrons. The molecule has 13 aromatic carbocycles. The fourth-order valence-electron chi connectivity index (χ4n) is 13.4. The second-order valence-electron chi connectivity index (χ2n) is 20.6. The van der Waals surface area contributed by atoms with Crippen molar-refractivity contribution in [2.24, 2.45) is 0 Å². The molecule has 0 spiro atoms. The lowest BCUT2D eigenvalue weighted by Gasteiger charge is -2.29. The van der Waals surface area contributed by atoms with Gasteiger partial charge >= 0.3 is 0 Å². The van der Waals surface area contributed by atoms with Crippen molar-refractivity contribution < 1.29 is 0 Å². The first-order valence-electron chi connectivity index (χ1n) is 26.6. The molecule has 2 aliphatic rings. The van der Waals surface area contributed by atoms with Crippen LogP contribution in [-0.2, 0) is 0 Å². The zero-order valence-electron chi connectivity index (χ0n) is 41.6. The second kappa shape index (κ2) is 16.9. The fraction of sp³-hybridized carbons (Fsp3) is 0.0270. The maximum absolute atomic E-state index is 2.53. The lowest BCUT2D eigenvalue weighted by atomic mass is 9.82. The third-order valence-electron chi connectivity index (χ3n) is 16.7. The molecule has 2 atom stereocenters. The Morgan fingerprint density at radius 2 is 0.697 bits per heavy atom. The van der Waals surface area contributed by atoms with E-state index in [1.165, 1.54) is 137 Å². The number of fused-ring (bicyclic) bond motifs is 11. The summed E-state index contributed by atoms with van der Waals surface area (Å²) in [5.74, 6) is 0.324. The SMILES string of the molecule is C1=CC2c3ccccc3N(c3ccc(-c4c5ccccc5c(-c5ccc(-n6c7ccccc7c7ccccc76)cc5)c5ccc(-c6c7ccccc7c(-c7ccc8ccccc8c7)c7ccccc67)cc45)cc3)C2C=C1. The number of aromatic nitrogens is 1. The van der Waals surface area contributed by atoms with Crippen molar-refractivity contribution in [3.05, 3.63) is 285 Å². The van der Waals surface area contributed by atoms with Crippen molar-refractivity contribution in [3.63, 3.8) is 0 Å². The first kappa shape index (κ1) is 42.7. The van der Waals surface area contributed by atoms with Crippen molar-refractivity contribution in [2.75, 3.05) is 4.90 Å². The van der Waals surface area contributed by atoms with Crippen LogP contribution in [0.25, 0.3) is 126 Å². The van der Waals surface area contributed by atoms with Gasteiger partial charge < -0.3 is 9.47 Å². The number of allylic oxidation sites excluding steroid dienone is 2. The first-order valence-corrected chi connectivity index (χ1v) is 26.6. The van der Waals surface area contributed by atoms with Crippen LogP contribution < -0.4 is 4.90 Å². The van der Waals surface area contributed by atoms with Crippen molar-refractivity contribution in [1.82, 2.24) is 4.57 Å². The molecule has 0 fully saturated rings. The van der Waals surface area contributed by atoms with Gasteiger partial charge in [0.15, 0.2) is 0 Å². The predicted molar refractivity (Wildman–Crippen MR) is 323 cm³/mol. The lowest BCUT2D eigenvalue weighted by Crippen LogP contribution is -2.28. The molecule has 16 rings (SSSR count). The highest BCUT2D eigenvalue weighted by Crippen LogP contribution is 2.51. The highest BCUT2D eigenvalue weighted by atomic mass is 15.2. The van der Waals surface area contributed by atoms with Gasteiger partial charge in [-0.25, -0.2) is 0 Å². The monoisotopic (exact) mass is 964 g/mol. The van der Waals surface area contributed by atoms with E-state index in [9.17, 15) is 0 Å². The van der Waals surface area contributed by atoms with Crippen LogP contribution in [0.3, 0.4) is 0 Å². The molecule has 2 unspecified atom stereocenters. The van der Waals surface area contributed by atoms with Crippen LogP contribution in [0, 0.1) is 0 Å². The molecule has 0 saturated heterocycles. The van der Waals surface area contributed by atoms with Crippen LogP contribution in [-0.4, -0.2) is 10.6 Å². The molecular formula is C74H48N2. The van der Waals surface area contributed by atoms with Crippen molar-refractivity contribution in [2.45, 2.75) is 12.0 Å². The molecule has 1 aromatic heterocycles. The Morgan fingerprint density at radius 1 is 0.276 bits per heavy atom. The molecule has 14 aromatic rings. The van der Waals surface area contributed by atoms with Crippen LogP contribution >= 0.6 is 0 Å². The largest absolute Gasteiger partial charge is 0.333 e. The van der Waals surface area contributed by atoms with Crippen LogP contribution in [0.5, 0.6) is 0 Å². The molecule has 1 aliphatic heterocycles. The van der Waals surface area contributed by atoms with E-state index >= 15 is 0 Å². The summed E-state index contributed by atoms with van der Waals surface area (Å²) < 4.78 is 2.41. The van der Waals surface area contributed by atoms with Gasteiger partial charge in [0.1, 0.15) is 0 Å². The summed E-state index contributed by atoms with van der Waals surface area (Å²) in [5, 5.41) is 14.9. The van der Waals surface area contributed by atoms with Crippen LogP contribution in [0.4, 0.5) is 11.4 Å². The Balaban J connectivity index is 0.929. The van der Waals surface area contributed by atoms with Gasteiger partial charge in [-0.15, -0.1) is 0 Å². The fourth-order valence-corrected chi connectivity index (χ4v) is 13.4. The Hall–Kier alpha value is -9.76. The van der Waals surface area contributed by atoms with E-state index in [-0.39, 0.29) is 6.04 Å². The molecule has 0 saturated carbocycles. The topological polar surface area (TPSA) is 8.17 Å². The van der Waals surface area contributed by atoms with Gasteiger partial charge in [0.25, 0.3) is 0 Å². The molecule has 2 heterocycles. The number of anilines is 2. The average molecular weight is 965 g/mol. The van der Waals surface area contributed by atoms with Gasteiger partial charge in [0.05, 0.1) is 17.1 Å². The first-order chi connectivity index (χ1) is 37.7. The van der Waals surface area contributed by atoms with E-state index < -0.39 is 0 Å². The minimum atomic E-state index is 0.232. The number of nitrogens with zero attached hydrogens (tertiary/aromatic N) is 2. The van der Waals surface area contributed by atoms with E-state index in [0.29, 0.717) is 5.92 Å². The maximum Gasteiger partial charge on any atom is 0.0629 e. The van der Waals surface area contributed by atoms with E-state index in [4.69, 9.17) is 0 Å². The third kappa shape index (κ3) is 6.41. The van der Waals surface area contributed by atoms with Crippen molar-refractivity contribution >= 4 is 87.0 Å². The summed E-state index contributed by atoms with van der Waals surface area (Å²) in [6.07, 6.45) is 9.12. The Bertz CT molecular complexity index is 4650. The van der Waals surface area contributed by atoms with Gasteiger partial charge in [0, 0.05) is 33.8 Å². The van der Waals surface area contributed by atoms with Crippen molar-refractivity contribution in [1.29, 1.82) is 0 Å². The molecule has 2 nitrogen and oxygen atoms in total.